The minimum Gasteiger partial charge on any atom is -0.294 e. The quantitative estimate of drug-likeness (QED) is 0.190. The first kappa shape index (κ1) is 28.1. The van der Waals surface area contributed by atoms with E-state index >= 15 is 0 Å². The SMILES string of the molecule is c1ccc(-c2ccc3c(c2)c2cccnc2n3-c2ccc3c(c2)-c2cc(-n4c5ccc(-c6ccccc6)cc5c5cccnc54)ccc2C3)cc1. The summed E-state index contributed by atoms with van der Waals surface area (Å²) in [6.07, 6.45) is 4.71. The van der Waals surface area contributed by atoms with E-state index in [1.807, 2.05) is 24.5 Å². The molecule has 0 saturated heterocycles. The number of benzene rings is 6. The molecular formula is C47H30N4. The Hall–Kier alpha value is -6.78. The van der Waals surface area contributed by atoms with Crippen molar-refractivity contribution in [1.29, 1.82) is 0 Å². The van der Waals surface area contributed by atoms with E-state index < -0.39 is 0 Å². The molecule has 238 valence electrons. The Morgan fingerprint density at radius 3 is 1.31 bits per heavy atom. The van der Waals surface area contributed by atoms with Crippen LogP contribution in [0.1, 0.15) is 11.1 Å². The first-order valence-corrected chi connectivity index (χ1v) is 17.4. The third-order valence-corrected chi connectivity index (χ3v) is 10.6. The summed E-state index contributed by atoms with van der Waals surface area (Å²) < 4.78 is 4.64. The second kappa shape index (κ2) is 10.9. The average Bonchev–Trinajstić information content (AvgIpc) is 3.85. The molecule has 51 heavy (non-hydrogen) atoms. The number of aromatic nitrogens is 4. The van der Waals surface area contributed by atoms with Crippen LogP contribution in [-0.4, -0.2) is 19.1 Å². The van der Waals surface area contributed by atoms with Crippen LogP contribution in [0.4, 0.5) is 0 Å². The Morgan fingerprint density at radius 1 is 0.373 bits per heavy atom. The highest BCUT2D eigenvalue weighted by Gasteiger charge is 2.23. The van der Waals surface area contributed by atoms with E-state index in [0.29, 0.717) is 0 Å². The molecule has 11 rings (SSSR count). The van der Waals surface area contributed by atoms with Gasteiger partial charge in [0.1, 0.15) is 11.3 Å². The van der Waals surface area contributed by atoms with Gasteiger partial charge in [0.25, 0.3) is 0 Å². The lowest BCUT2D eigenvalue weighted by atomic mass is 10.0. The summed E-state index contributed by atoms with van der Waals surface area (Å²) >= 11 is 0. The maximum atomic E-state index is 4.92. The Bertz CT molecular complexity index is 2780. The van der Waals surface area contributed by atoms with Gasteiger partial charge in [-0.25, -0.2) is 9.97 Å². The zero-order valence-corrected chi connectivity index (χ0v) is 27.7. The standard InChI is InChI=1S/C47H30N4/c1-3-9-30(10-4-1)32-17-21-44-42(26-32)38-13-7-23-48-46(38)50(44)36-19-15-34-25-35-16-20-37(29-41(35)40(34)28-36)51-45-22-18-33(31-11-5-2-6-12-31)27-43(45)39-14-8-24-49-47(39)51/h1-24,26-29H,25H2. The second-order valence-corrected chi connectivity index (χ2v) is 13.5. The number of hydrogen-bond acceptors (Lipinski definition) is 2. The molecule has 0 saturated carbocycles. The summed E-state index contributed by atoms with van der Waals surface area (Å²) in [5.41, 5.74) is 16.6. The van der Waals surface area contributed by atoms with Gasteiger partial charge in [-0.1, -0.05) is 84.9 Å². The van der Waals surface area contributed by atoms with E-state index in [0.717, 1.165) is 50.9 Å². The van der Waals surface area contributed by atoms with E-state index in [1.54, 1.807) is 0 Å². The Balaban J connectivity index is 1.07. The van der Waals surface area contributed by atoms with E-state index in [9.17, 15) is 0 Å². The van der Waals surface area contributed by atoms with Crippen LogP contribution in [0.2, 0.25) is 0 Å². The van der Waals surface area contributed by atoms with Crippen LogP contribution < -0.4 is 0 Å². The number of fused-ring (bicyclic) bond motifs is 9. The summed E-state index contributed by atoms with van der Waals surface area (Å²) in [6, 6.07) is 57.0. The van der Waals surface area contributed by atoms with Gasteiger partial charge in [0, 0.05) is 45.3 Å². The molecule has 1 aliphatic rings. The fourth-order valence-electron chi connectivity index (χ4n) is 8.26. The van der Waals surface area contributed by atoms with Crippen molar-refractivity contribution in [2.45, 2.75) is 6.42 Å². The molecule has 0 fully saturated rings. The molecule has 0 aliphatic heterocycles. The van der Waals surface area contributed by atoms with Crippen LogP contribution in [-0.2, 0) is 6.42 Å². The van der Waals surface area contributed by atoms with Crippen LogP contribution in [0.25, 0.3) is 88.6 Å². The highest BCUT2D eigenvalue weighted by atomic mass is 15.1. The molecule has 4 aromatic heterocycles. The summed E-state index contributed by atoms with van der Waals surface area (Å²) in [6.45, 7) is 0. The van der Waals surface area contributed by atoms with Gasteiger partial charge in [-0.05, 0) is 124 Å². The van der Waals surface area contributed by atoms with Crippen molar-refractivity contribution in [2.75, 3.05) is 0 Å². The molecule has 10 aromatic rings. The van der Waals surface area contributed by atoms with Crippen molar-refractivity contribution in [3.63, 3.8) is 0 Å². The van der Waals surface area contributed by atoms with E-state index in [2.05, 4.69) is 155 Å². The predicted molar refractivity (Wildman–Crippen MR) is 210 cm³/mol. The molecule has 1 aliphatic carbocycles. The Kier molecular flexibility index (Phi) is 5.98. The topological polar surface area (TPSA) is 35.6 Å². The summed E-state index contributed by atoms with van der Waals surface area (Å²) in [4.78, 5) is 9.84. The van der Waals surface area contributed by atoms with Gasteiger partial charge < -0.3 is 0 Å². The number of pyridine rings is 2. The molecular weight excluding hydrogens is 621 g/mol. The monoisotopic (exact) mass is 650 g/mol. The van der Waals surface area contributed by atoms with Crippen molar-refractivity contribution in [3.05, 3.63) is 181 Å². The van der Waals surface area contributed by atoms with Crippen molar-refractivity contribution in [2.24, 2.45) is 0 Å². The lowest BCUT2D eigenvalue weighted by Crippen LogP contribution is -1.97. The summed E-state index contributed by atoms with van der Waals surface area (Å²) in [5.74, 6) is 0. The third kappa shape index (κ3) is 4.26. The largest absolute Gasteiger partial charge is 0.294 e. The van der Waals surface area contributed by atoms with Crippen LogP contribution in [0.3, 0.4) is 0 Å². The van der Waals surface area contributed by atoms with Crippen molar-refractivity contribution >= 4 is 43.9 Å². The molecule has 0 spiro atoms. The molecule has 0 unspecified atom stereocenters. The lowest BCUT2D eigenvalue weighted by molar-refractivity contribution is 1.13. The van der Waals surface area contributed by atoms with Crippen LogP contribution in [0, 0.1) is 0 Å². The minimum atomic E-state index is 0.920. The van der Waals surface area contributed by atoms with E-state index in [1.165, 1.54) is 55.3 Å². The van der Waals surface area contributed by atoms with Gasteiger partial charge in [0.05, 0.1) is 11.0 Å². The van der Waals surface area contributed by atoms with E-state index in [4.69, 9.17) is 9.97 Å². The normalized spacial score (nSPS) is 12.2. The maximum absolute atomic E-state index is 4.92. The molecule has 0 N–H and O–H groups in total. The van der Waals surface area contributed by atoms with Gasteiger partial charge in [0.2, 0.25) is 0 Å². The van der Waals surface area contributed by atoms with Gasteiger partial charge in [-0.3, -0.25) is 9.13 Å². The summed E-state index contributed by atoms with van der Waals surface area (Å²) in [7, 11) is 0. The fourth-order valence-corrected chi connectivity index (χ4v) is 8.26. The second-order valence-electron chi connectivity index (χ2n) is 13.5. The van der Waals surface area contributed by atoms with Gasteiger partial charge >= 0.3 is 0 Å². The first-order valence-electron chi connectivity index (χ1n) is 17.4. The van der Waals surface area contributed by atoms with Crippen LogP contribution in [0.5, 0.6) is 0 Å². The molecule has 4 heteroatoms. The smallest absolute Gasteiger partial charge is 0.145 e. The molecule has 6 aromatic carbocycles. The molecule has 4 heterocycles. The number of nitrogens with zero attached hydrogens (tertiary/aromatic N) is 4. The van der Waals surface area contributed by atoms with E-state index in [-0.39, 0.29) is 0 Å². The van der Waals surface area contributed by atoms with Gasteiger partial charge in [-0.15, -0.1) is 0 Å². The zero-order chi connectivity index (χ0) is 33.5. The van der Waals surface area contributed by atoms with Gasteiger partial charge in [-0.2, -0.15) is 0 Å². The number of rotatable bonds is 4. The molecule has 0 bridgehead atoms. The zero-order valence-electron chi connectivity index (χ0n) is 27.7. The van der Waals surface area contributed by atoms with Crippen LogP contribution in [0.15, 0.2) is 170 Å². The highest BCUT2D eigenvalue weighted by Crippen LogP contribution is 2.42. The van der Waals surface area contributed by atoms with Crippen molar-refractivity contribution in [1.82, 2.24) is 19.1 Å². The molecule has 0 amide bonds. The van der Waals surface area contributed by atoms with Crippen molar-refractivity contribution in [3.8, 4) is 44.8 Å². The van der Waals surface area contributed by atoms with Gasteiger partial charge in [0.15, 0.2) is 0 Å². The summed E-state index contributed by atoms with van der Waals surface area (Å²) in [5, 5.41) is 4.72. The fraction of sp³-hybridized carbons (Fsp3) is 0.0213. The first-order chi connectivity index (χ1) is 25.3. The third-order valence-electron chi connectivity index (χ3n) is 10.6. The lowest BCUT2D eigenvalue weighted by Gasteiger charge is -2.12. The molecule has 0 radical (unpaired) electrons. The maximum Gasteiger partial charge on any atom is 0.145 e. The highest BCUT2D eigenvalue weighted by molar-refractivity contribution is 6.10. The minimum absolute atomic E-state index is 0.920. The number of hydrogen-bond donors (Lipinski definition) is 0. The Morgan fingerprint density at radius 2 is 0.843 bits per heavy atom. The molecule has 0 atom stereocenters. The predicted octanol–water partition coefficient (Wildman–Crippen LogP) is 11.6. The van der Waals surface area contributed by atoms with Crippen molar-refractivity contribution < 1.29 is 0 Å². The average molecular weight is 651 g/mol. The van der Waals surface area contributed by atoms with Crippen LogP contribution >= 0.6 is 0 Å². The molecule has 4 nitrogen and oxygen atoms in total. The Labute approximate surface area is 294 Å².